The standard InChI is InChI=1S/C19H19F3N4O5/c1-10(16(27)24-18(29)23-12-6-7-12)31-17(28)15-14(30-2)9-26(25-15)13-5-3-4-11(8-13)19(20,21)22/h3-5,8-10,12H,6-7H2,1-2H3,(H2,23,24,27,29). The van der Waals surface area contributed by atoms with Gasteiger partial charge in [-0.2, -0.15) is 18.3 Å². The zero-order valence-electron chi connectivity index (χ0n) is 16.5. The van der Waals surface area contributed by atoms with Crippen LogP contribution in [-0.2, 0) is 15.7 Å². The zero-order chi connectivity index (χ0) is 22.8. The summed E-state index contributed by atoms with van der Waals surface area (Å²) in [6.07, 6.45) is -3.01. The Labute approximate surface area is 174 Å². The molecule has 1 aromatic heterocycles. The van der Waals surface area contributed by atoms with Crippen molar-refractivity contribution in [2.45, 2.75) is 38.1 Å². The van der Waals surface area contributed by atoms with Crippen molar-refractivity contribution in [3.8, 4) is 11.4 Å². The first kappa shape index (κ1) is 22.1. The van der Waals surface area contributed by atoms with Gasteiger partial charge in [0.05, 0.1) is 24.6 Å². The highest BCUT2D eigenvalue weighted by molar-refractivity contribution is 5.98. The Balaban J connectivity index is 1.72. The van der Waals surface area contributed by atoms with Gasteiger partial charge in [-0.3, -0.25) is 10.1 Å². The van der Waals surface area contributed by atoms with Crippen molar-refractivity contribution in [3.63, 3.8) is 0 Å². The molecule has 166 valence electrons. The highest BCUT2D eigenvalue weighted by atomic mass is 19.4. The van der Waals surface area contributed by atoms with Crippen LogP contribution in [0.2, 0.25) is 0 Å². The largest absolute Gasteiger partial charge is 0.493 e. The van der Waals surface area contributed by atoms with Crippen LogP contribution in [0.5, 0.6) is 5.75 Å². The summed E-state index contributed by atoms with van der Waals surface area (Å²) in [7, 11) is 1.24. The number of imide groups is 1. The van der Waals surface area contributed by atoms with Gasteiger partial charge in [-0.05, 0) is 38.0 Å². The second-order valence-corrected chi connectivity index (χ2v) is 6.82. The number of esters is 1. The Morgan fingerprint density at radius 1 is 1.26 bits per heavy atom. The van der Waals surface area contributed by atoms with Crippen molar-refractivity contribution in [1.82, 2.24) is 20.4 Å². The fourth-order valence-electron chi connectivity index (χ4n) is 2.54. The average Bonchev–Trinajstić information content (AvgIpc) is 3.40. The molecule has 1 aliphatic carbocycles. The first-order valence-electron chi connectivity index (χ1n) is 9.22. The molecule has 1 aliphatic rings. The molecule has 2 N–H and O–H groups in total. The molecule has 0 bridgehead atoms. The zero-order valence-corrected chi connectivity index (χ0v) is 16.5. The second kappa shape index (κ2) is 8.66. The third kappa shape index (κ3) is 5.53. The Morgan fingerprint density at radius 3 is 2.58 bits per heavy atom. The number of hydrogen-bond acceptors (Lipinski definition) is 6. The van der Waals surface area contributed by atoms with Crippen LogP contribution in [0.1, 0.15) is 35.8 Å². The molecule has 1 saturated carbocycles. The number of urea groups is 1. The summed E-state index contributed by atoms with van der Waals surface area (Å²) in [4.78, 5) is 36.1. The number of nitrogens with zero attached hydrogens (tertiary/aromatic N) is 2. The molecule has 3 rings (SSSR count). The van der Waals surface area contributed by atoms with Crippen LogP contribution in [-0.4, -0.2) is 46.9 Å². The number of rotatable bonds is 6. The average molecular weight is 440 g/mol. The first-order chi connectivity index (χ1) is 14.6. The lowest BCUT2D eigenvalue weighted by molar-refractivity contribution is -0.137. The second-order valence-electron chi connectivity index (χ2n) is 6.82. The van der Waals surface area contributed by atoms with Crippen LogP contribution in [0.15, 0.2) is 30.5 Å². The summed E-state index contributed by atoms with van der Waals surface area (Å²) in [5.41, 5.74) is -1.20. The van der Waals surface area contributed by atoms with E-state index in [1.54, 1.807) is 0 Å². The number of benzene rings is 1. The fourth-order valence-corrected chi connectivity index (χ4v) is 2.54. The van der Waals surface area contributed by atoms with E-state index in [2.05, 4.69) is 15.7 Å². The number of methoxy groups -OCH3 is 1. The summed E-state index contributed by atoms with van der Waals surface area (Å²) < 4.78 is 50.0. The van der Waals surface area contributed by atoms with Gasteiger partial charge in [0.25, 0.3) is 5.91 Å². The highest BCUT2D eigenvalue weighted by Crippen LogP contribution is 2.31. The van der Waals surface area contributed by atoms with E-state index >= 15 is 0 Å². The number of carbonyl (C=O) groups is 3. The molecular weight excluding hydrogens is 421 g/mol. The molecule has 0 spiro atoms. The molecule has 1 aromatic carbocycles. The molecule has 0 radical (unpaired) electrons. The van der Waals surface area contributed by atoms with Crippen LogP contribution in [0.25, 0.3) is 5.69 Å². The number of ether oxygens (including phenoxy) is 2. The van der Waals surface area contributed by atoms with E-state index in [-0.39, 0.29) is 23.2 Å². The normalized spacial score (nSPS) is 14.5. The Hall–Kier alpha value is -3.57. The van der Waals surface area contributed by atoms with E-state index in [1.807, 2.05) is 0 Å². The maximum absolute atomic E-state index is 13.0. The van der Waals surface area contributed by atoms with Crippen molar-refractivity contribution in [1.29, 1.82) is 0 Å². The van der Waals surface area contributed by atoms with Crippen LogP contribution in [0, 0.1) is 0 Å². The number of halogens is 3. The minimum absolute atomic E-state index is 0.0368. The molecule has 31 heavy (non-hydrogen) atoms. The molecule has 12 heteroatoms. The molecule has 3 amide bonds. The van der Waals surface area contributed by atoms with Gasteiger partial charge >= 0.3 is 18.2 Å². The molecule has 0 aliphatic heterocycles. The maximum atomic E-state index is 13.0. The lowest BCUT2D eigenvalue weighted by atomic mass is 10.2. The number of amides is 3. The van der Waals surface area contributed by atoms with E-state index in [0.717, 1.165) is 29.7 Å². The molecule has 1 atom stereocenters. The topological polar surface area (TPSA) is 112 Å². The van der Waals surface area contributed by atoms with Crippen molar-refractivity contribution in [3.05, 3.63) is 41.7 Å². The molecule has 9 nitrogen and oxygen atoms in total. The third-order valence-electron chi connectivity index (χ3n) is 4.33. The maximum Gasteiger partial charge on any atom is 0.416 e. The van der Waals surface area contributed by atoms with Crippen LogP contribution in [0.3, 0.4) is 0 Å². The molecule has 1 unspecified atom stereocenters. The molecule has 1 fully saturated rings. The van der Waals surface area contributed by atoms with Gasteiger partial charge < -0.3 is 14.8 Å². The van der Waals surface area contributed by atoms with Gasteiger partial charge in [-0.1, -0.05) is 6.07 Å². The number of hydrogen-bond donors (Lipinski definition) is 2. The number of alkyl halides is 3. The van der Waals surface area contributed by atoms with Crippen LogP contribution >= 0.6 is 0 Å². The van der Waals surface area contributed by atoms with E-state index < -0.39 is 35.8 Å². The monoisotopic (exact) mass is 440 g/mol. The summed E-state index contributed by atoms with van der Waals surface area (Å²) in [5, 5.41) is 8.54. The lowest BCUT2D eigenvalue weighted by Gasteiger charge is -2.12. The third-order valence-corrected chi connectivity index (χ3v) is 4.33. The number of aromatic nitrogens is 2. The summed E-state index contributed by atoms with van der Waals surface area (Å²) in [6.45, 7) is 1.26. The Bertz CT molecular complexity index is 1000. The van der Waals surface area contributed by atoms with E-state index in [9.17, 15) is 27.6 Å². The van der Waals surface area contributed by atoms with Gasteiger partial charge in [0.15, 0.2) is 11.9 Å². The van der Waals surface area contributed by atoms with Gasteiger partial charge in [0, 0.05) is 6.04 Å². The number of carbonyl (C=O) groups excluding carboxylic acids is 3. The smallest absolute Gasteiger partial charge is 0.416 e. The van der Waals surface area contributed by atoms with E-state index in [1.165, 1.54) is 32.4 Å². The minimum Gasteiger partial charge on any atom is -0.493 e. The van der Waals surface area contributed by atoms with Crippen LogP contribution < -0.4 is 15.4 Å². The predicted molar refractivity (Wildman–Crippen MR) is 99.7 cm³/mol. The van der Waals surface area contributed by atoms with Crippen molar-refractivity contribution in [2.75, 3.05) is 7.11 Å². The Morgan fingerprint density at radius 2 is 1.97 bits per heavy atom. The van der Waals surface area contributed by atoms with Crippen molar-refractivity contribution in [2.24, 2.45) is 0 Å². The van der Waals surface area contributed by atoms with E-state index in [4.69, 9.17) is 9.47 Å². The minimum atomic E-state index is -4.55. The SMILES string of the molecule is COc1cn(-c2cccc(C(F)(F)F)c2)nc1C(=O)OC(C)C(=O)NC(=O)NC1CC1. The fraction of sp³-hybridized carbons (Fsp3) is 0.368. The van der Waals surface area contributed by atoms with Gasteiger partial charge in [0.1, 0.15) is 0 Å². The highest BCUT2D eigenvalue weighted by Gasteiger charge is 2.31. The van der Waals surface area contributed by atoms with Crippen molar-refractivity contribution < 1.29 is 37.0 Å². The quantitative estimate of drug-likeness (QED) is 0.668. The molecule has 1 heterocycles. The van der Waals surface area contributed by atoms with Crippen LogP contribution in [0.4, 0.5) is 18.0 Å². The first-order valence-corrected chi connectivity index (χ1v) is 9.22. The van der Waals surface area contributed by atoms with Crippen molar-refractivity contribution >= 4 is 17.9 Å². The van der Waals surface area contributed by atoms with Gasteiger partial charge in [-0.25, -0.2) is 14.3 Å². The predicted octanol–water partition coefficient (Wildman–Crippen LogP) is 2.43. The summed E-state index contributed by atoms with van der Waals surface area (Å²) in [5.74, 6) is -1.96. The lowest BCUT2D eigenvalue weighted by Crippen LogP contribution is -2.45. The van der Waals surface area contributed by atoms with Gasteiger partial charge in [0.2, 0.25) is 5.69 Å². The molecule has 0 saturated heterocycles. The Kier molecular flexibility index (Phi) is 6.18. The van der Waals surface area contributed by atoms with E-state index in [0.29, 0.717) is 0 Å². The van der Waals surface area contributed by atoms with Gasteiger partial charge in [-0.15, -0.1) is 0 Å². The summed E-state index contributed by atoms with van der Waals surface area (Å²) in [6, 6.07) is 3.67. The number of nitrogens with one attached hydrogen (secondary N) is 2. The summed E-state index contributed by atoms with van der Waals surface area (Å²) >= 11 is 0. The molecular formula is C19H19F3N4O5. The molecule has 2 aromatic rings.